The molecule has 0 bridgehead atoms. The number of rotatable bonds is 5. The molecular weight excluding hydrogens is 330 g/mol. The van der Waals surface area contributed by atoms with E-state index in [9.17, 15) is 9.59 Å². The van der Waals surface area contributed by atoms with Gasteiger partial charge < -0.3 is 20.7 Å². The minimum Gasteiger partial charge on any atom is -0.494 e. The maximum atomic E-state index is 12.7. The zero-order chi connectivity index (χ0) is 18.7. The van der Waals surface area contributed by atoms with Gasteiger partial charge in [-0.05, 0) is 31.0 Å². The van der Waals surface area contributed by atoms with Gasteiger partial charge >= 0.3 is 0 Å². The fourth-order valence-electron chi connectivity index (χ4n) is 3.06. The molecule has 2 aromatic carbocycles. The summed E-state index contributed by atoms with van der Waals surface area (Å²) in [5.74, 6) is 0.297. The zero-order valence-electron chi connectivity index (χ0n) is 15.0. The number of hydrogen-bond acceptors (Lipinski definition) is 4. The molecule has 0 aromatic heterocycles. The lowest BCUT2D eigenvalue weighted by Gasteiger charge is -2.25. The average molecular weight is 353 g/mol. The predicted molar refractivity (Wildman–Crippen MR) is 101 cm³/mol. The molecule has 6 heteroatoms. The lowest BCUT2D eigenvalue weighted by molar-refractivity contribution is -0.121. The van der Waals surface area contributed by atoms with E-state index in [1.165, 1.54) is 0 Å². The molecule has 3 N–H and O–H groups in total. The predicted octanol–water partition coefficient (Wildman–Crippen LogP) is 2.63. The second kappa shape index (κ2) is 7.17. The van der Waals surface area contributed by atoms with Crippen LogP contribution in [0.3, 0.4) is 0 Å². The van der Waals surface area contributed by atoms with Crippen molar-refractivity contribution in [1.29, 1.82) is 0 Å². The number of nitrogens with two attached hydrogens (primary N) is 1. The van der Waals surface area contributed by atoms with Crippen LogP contribution in [0, 0.1) is 0 Å². The third kappa shape index (κ3) is 3.41. The van der Waals surface area contributed by atoms with Crippen molar-refractivity contribution in [3.8, 4) is 5.75 Å². The lowest BCUT2D eigenvalue weighted by atomic mass is 9.92. The van der Waals surface area contributed by atoms with Gasteiger partial charge in [0, 0.05) is 24.7 Å². The summed E-state index contributed by atoms with van der Waals surface area (Å²) >= 11 is 0. The van der Waals surface area contributed by atoms with Crippen LogP contribution in [0.2, 0.25) is 0 Å². The number of carbonyl (C=O) groups is 2. The molecule has 1 saturated heterocycles. The monoisotopic (exact) mass is 353 g/mol. The van der Waals surface area contributed by atoms with Gasteiger partial charge in [0.05, 0.1) is 12.8 Å². The standard InChI is InChI=1S/C20H23N3O3/c1-20(21,14-7-4-3-5-8-14)19(25)22-15-10-11-16(17(13-15)26-2)23-12-6-9-18(23)24/h3-5,7-8,10-11,13H,6,9,12,21H2,1-2H3,(H,22,25). The van der Waals surface area contributed by atoms with Gasteiger partial charge in [-0.3, -0.25) is 9.59 Å². The van der Waals surface area contributed by atoms with Gasteiger partial charge in [-0.1, -0.05) is 30.3 Å². The molecule has 136 valence electrons. The largest absolute Gasteiger partial charge is 0.494 e. The Labute approximate surface area is 152 Å². The number of carbonyl (C=O) groups excluding carboxylic acids is 2. The van der Waals surface area contributed by atoms with Gasteiger partial charge in [0.15, 0.2) is 0 Å². The first-order chi connectivity index (χ1) is 12.4. The number of amides is 2. The number of anilines is 2. The number of benzene rings is 2. The molecule has 0 radical (unpaired) electrons. The number of nitrogens with one attached hydrogen (secondary N) is 1. The summed E-state index contributed by atoms with van der Waals surface area (Å²) in [6, 6.07) is 14.5. The first kappa shape index (κ1) is 17.9. The summed E-state index contributed by atoms with van der Waals surface area (Å²) in [5.41, 5.74) is 7.09. The highest BCUT2D eigenvalue weighted by atomic mass is 16.5. The molecule has 0 spiro atoms. The summed E-state index contributed by atoms with van der Waals surface area (Å²) in [5, 5.41) is 2.84. The molecule has 26 heavy (non-hydrogen) atoms. The lowest BCUT2D eigenvalue weighted by Crippen LogP contribution is -2.45. The highest BCUT2D eigenvalue weighted by molar-refractivity contribution is 6.00. The summed E-state index contributed by atoms with van der Waals surface area (Å²) in [6.45, 7) is 2.35. The summed E-state index contributed by atoms with van der Waals surface area (Å²) in [4.78, 5) is 26.4. The summed E-state index contributed by atoms with van der Waals surface area (Å²) < 4.78 is 5.42. The van der Waals surface area contributed by atoms with E-state index in [-0.39, 0.29) is 11.8 Å². The number of methoxy groups -OCH3 is 1. The van der Waals surface area contributed by atoms with Crippen molar-refractivity contribution in [1.82, 2.24) is 0 Å². The van der Waals surface area contributed by atoms with E-state index in [0.717, 1.165) is 12.0 Å². The molecule has 2 amide bonds. The molecule has 1 heterocycles. The van der Waals surface area contributed by atoms with E-state index < -0.39 is 5.54 Å². The van der Waals surface area contributed by atoms with Gasteiger partial charge in [-0.25, -0.2) is 0 Å². The van der Waals surface area contributed by atoms with Crippen LogP contribution in [0.4, 0.5) is 11.4 Å². The van der Waals surface area contributed by atoms with Crippen molar-refractivity contribution < 1.29 is 14.3 Å². The Morgan fingerprint density at radius 1 is 1.23 bits per heavy atom. The Morgan fingerprint density at radius 2 is 1.96 bits per heavy atom. The van der Waals surface area contributed by atoms with Gasteiger partial charge in [0.25, 0.3) is 0 Å². The van der Waals surface area contributed by atoms with E-state index in [4.69, 9.17) is 10.5 Å². The van der Waals surface area contributed by atoms with E-state index >= 15 is 0 Å². The smallest absolute Gasteiger partial charge is 0.248 e. The molecule has 0 saturated carbocycles. The third-order valence-corrected chi connectivity index (χ3v) is 4.65. The van der Waals surface area contributed by atoms with Crippen molar-refractivity contribution in [3.05, 3.63) is 54.1 Å². The normalized spacial score (nSPS) is 16.3. The van der Waals surface area contributed by atoms with Crippen molar-refractivity contribution >= 4 is 23.2 Å². The fourth-order valence-corrected chi connectivity index (χ4v) is 3.06. The number of hydrogen-bond donors (Lipinski definition) is 2. The second-order valence-electron chi connectivity index (χ2n) is 6.56. The molecule has 3 rings (SSSR count). The van der Waals surface area contributed by atoms with Crippen LogP contribution in [0.1, 0.15) is 25.3 Å². The SMILES string of the molecule is COc1cc(NC(=O)C(C)(N)c2ccccc2)ccc1N1CCCC1=O. The molecule has 0 aliphatic carbocycles. The molecule has 6 nitrogen and oxygen atoms in total. The van der Waals surface area contributed by atoms with Crippen molar-refractivity contribution in [3.63, 3.8) is 0 Å². The van der Waals surface area contributed by atoms with Gasteiger partial charge in [-0.15, -0.1) is 0 Å². The second-order valence-corrected chi connectivity index (χ2v) is 6.56. The van der Waals surface area contributed by atoms with Crippen LogP contribution >= 0.6 is 0 Å². The Morgan fingerprint density at radius 3 is 2.58 bits per heavy atom. The number of nitrogens with zero attached hydrogens (tertiary/aromatic N) is 1. The minimum atomic E-state index is -1.17. The first-order valence-corrected chi connectivity index (χ1v) is 8.58. The Kier molecular flexibility index (Phi) is 4.95. The van der Waals surface area contributed by atoms with Gasteiger partial charge in [0.1, 0.15) is 11.3 Å². The van der Waals surface area contributed by atoms with Crippen LogP contribution in [0.5, 0.6) is 5.75 Å². The van der Waals surface area contributed by atoms with Crippen molar-refractivity contribution in [2.24, 2.45) is 5.73 Å². The highest BCUT2D eigenvalue weighted by Crippen LogP contribution is 2.34. The van der Waals surface area contributed by atoms with E-state index in [2.05, 4.69) is 5.32 Å². The van der Waals surface area contributed by atoms with Gasteiger partial charge in [-0.2, -0.15) is 0 Å². The molecule has 1 aliphatic rings. The van der Waals surface area contributed by atoms with Crippen LogP contribution in [-0.2, 0) is 15.1 Å². The summed E-state index contributed by atoms with van der Waals surface area (Å²) in [6.07, 6.45) is 1.38. The molecule has 2 aromatic rings. The Hall–Kier alpha value is -2.86. The fraction of sp³-hybridized carbons (Fsp3) is 0.300. The van der Waals surface area contributed by atoms with Crippen LogP contribution < -0.4 is 20.7 Å². The topological polar surface area (TPSA) is 84.7 Å². The Bertz CT molecular complexity index is 818. The molecule has 1 aliphatic heterocycles. The molecule has 1 fully saturated rings. The van der Waals surface area contributed by atoms with E-state index in [1.54, 1.807) is 37.1 Å². The summed E-state index contributed by atoms with van der Waals surface area (Å²) in [7, 11) is 1.54. The Balaban J connectivity index is 1.82. The minimum absolute atomic E-state index is 0.0821. The maximum absolute atomic E-state index is 12.7. The first-order valence-electron chi connectivity index (χ1n) is 8.58. The van der Waals surface area contributed by atoms with Crippen molar-refractivity contribution in [2.75, 3.05) is 23.9 Å². The molecule has 1 unspecified atom stereocenters. The van der Waals surface area contributed by atoms with Crippen LogP contribution in [0.25, 0.3) is 0 Å². The van der Waals surface area contributed by atoms with Crippen LogP contribution in [0.15, 0.2) is 48.5 Å². The van der Waals surface area contributed by atoms with Crippen molar-refractivity contribution in [2.45, 2.75) is 25.3 Å². The quantitative estimate of drug-likeness (QED) is 0.865. The zero-order valence-corrected chi connectivity index (χ0v) is 15.0. The van der Waals surface area contributed by atoms with Crippen LogP contribution in [-0.4, -0.2) is 25.5 Å². The van der Waals surface area contributed by atoms with E-state index in [1.807, 2.05) is 30.3 Å². The third-order valence-electron chi connectivity index (χ3n) is 4.65. The average Bonchev–Trinajstić information content (AvgIpc) is 3.08. The molecular formula is C20H23N3O3. The number of ether oxygens (including phenoxy) is 1. The maximum Gasteiger partial charge on any atom is 0.248 e. The molecule has 1 atom stereocenters. The van der Waals surface area contributed by atoms with E-state index in [0.29, 0.717) is 30.1 Å². The van der Waals surface area contributed by atoms with Gasteiger partial charge in [0.2, 0.25) is 11.8 Å². The highest BCUT2D eigenvalue weighted by Gasteiger charge is 2.31.